The molecule has 0 radical (unpaired) electrons. The van der Waals surface area contributed by atoms with Crippen LogP contribution in [0.4, 0.5) is 4.39 Å². The zero-order valence-electron chi connectivity index (χ0n) is 16.0. The normalized spacial score (nSPS) is 11.0. The Bertz CT molecular complexity index is 854. The molecule has 28 heavy (non-hydrogen) atoms. The summed E-state index contributed by atoms with van der Waals surface area (Å²) in [5.74, 6) is 0.518. The van der Waals surface area contributed by atoms with Gasteiger partial charge in [-0.25, -0.2) is 4.39 Å². The molecule has 148 valence electrons. The van der Waals surface area contributed by atoms with Gasteiger partial charge < -0.3 is 19.7 Å². The Morgan fingerprint density at radius 1 is 1.11 bits per heavy atom. The largest absolute Gasteiger partial charge is 0.487 e. The highest BCUT2D eigenvalue weighted by atomic mass is 19.1. The monoisotopic (exact) mass is 385 g/mol. The number of rotatable bonds is 9. The van der Waals surface area contributed by atoms with Gasteiger partial charge in [-0.3, -0.25) is 0 Å². The quantitative estimate of drug-likeness (QED) is 0.640. The molecule has 6 heteroatoms. The lowest BCUT2D eigenvalue weighted by atomic mass is 9.88. The van der Waals surface area contributed by atoms with Gasteiger partial charge in [0.15, 0.2) is 11.5 Å². The average molecular weight is 385 g/mol. The van der Waals surface area contributed by atoms with Crippen molar-refractivity contribution in [3.05, 3.63) is 53.4 Å². The van der Waals surface area contributed by atoms with Crippen molar-refractivity contribution in [2.24, 2.45) is 0 Å². The van der Waals surface area contributed by atoms with Crippen LogP contribution in [-0.4, -0.2) is 36.6 Å². The molecule has 2 rings (SSSR count). The van der Waals surface area contributed by atoms with E-state index in [0.717, 1.165) is 11.1 Å². The molecule has 0 amide bonds. The average Bonchev–Trinajstić information content (AvgIpc) is 2.69. The summed E-state index contributed by atoms with van der Waals surface area (Å²) in [7, 11) is 0. The van der Waals surface area contributed by atoms with E-state index in [1.165, 1.54) is 18.2 Å². The van der Waals surface area contributed by atoms with Crippen LogP contribution >= 0.6 is 0 Å². The Labute approximate surface area is 164 Å². The third kappa shape index (κ3) is 5.10. The van der Waals surface area contributed by atoms with Crippen LogP contribution in [0.1, 0.15) is 30.9 Å². The molecule has 0 aromatic heterocycles. The van der Waals surface area contributed by atoms with Crippen LogP contribution in [0, 0.1) is 17.1 Å². The van der Waals surface area contributed by atoms with Crippen LogP contribution in [0.3, 0.4) is 0 Å². The standard InChI is InChI=1S/C22H24FNO4/c1-15(2)19-14-20(27-12-10-25)22(28-13-11-26)21(18(19)4-3-9-24)16-5-7-17(23)8-6-16/h3-8,14-15,25-26H,10-13H2,1-2H3. The number of halogens is 1. The van der Waals surface area contributed by atoms with Crippen LogP contribution in [0.2, 0.25) is 0 Å². The minimum Gasteiger partial charge on any atom is -0.487 e. The number of aliphatic hydroxyl groups is 2. The molecule has 2 aromatic rings. The second-order valence-corrected chi connectivity index (χ2v) is 6.35. The van der Waals surface area contributed by atoms with E-state index in [0.29, 0.717) is 22.6 Å². The molecule has 2 N–H and O–H groups in total. The van der Waals surface area contributed by atoms with Crippen molar-refractivity contribution in [3.63, 3.8) is 0 Å². The summed E-state index contributed by atoms with van der Waals surface area (Å²) in [6, 6.07) is 9.76. The third-order valence-corrected chi connectivity index (χ3v) is 4.08. The molecule has 0 spiro atoms. The first-order chi connectivity index (χ1) is 13.5. The summed E-state index contributed by atoms with van der Waals surface area (Å²) >= 11 is 0. The van der Waals surface area contributed by atoms with Gasteiger partial charge in [-0.15, -0.1) is 0 Å². The van der Waals surface area contributed by atoms with Gasteiger partial charge in [0.25, 0.3) is 0 Å². The van der Waals surface area contributed by atoms with E-state index in [1.54, 1.807) is 18.2 Å². The topological polar surface area (TPSA) is 82.7 Å². The lowest BCUT2D eigenvalue weighted by molar-refractivity contribution is 0.178. The second kappa shape index (κ2) is 10.5. The van der Waals surface area contributed by atoms with E-state index in [2.05, 4.69) is 0 Å². The molecule has 0 aliphatic carbocycles. The number of hydrogen-bond donors (Lipinski definition) is 2. The minimum absolute atomic E-state index is 0.0338. The zero-order valence-corrected chi connectivity index (χ0v) is 16.0. The first kappa shape index (κ1) is 21.4. The summed E-state index contributed by atoms with van der Waals surface area (Å²) in [5, 5.41) is 27.4. The number of nitrogens with zero attached hydrogens (tertiary/aromatic N) is 1. The van der Waals surface area contributed by atoms with Gasteiger partial charge in [0, 0.05) is 11.6 Å². The van der Waals surface area contributed by atoms with Gasteiger partial charge in [0.05, 0.1) is 19.3 Å². The first-order valence-electron chi connectivity index (χ1n) is 9.03. The van der Waals surface area contributed by atoms with Crippen LogP contribution in [0.5, 0.6) is 11.5 Å². The summed E-state index contributed by atoms with van der Waals surface area (Å²) in [6.45, 7) is 3.76. The van der Waals surface area contributed by atoms with Gasteiger partial charge in [-0.2, -0.15) is 5.26 Å². The molecule has 2 aromatic carbocycles. The van der Waals surface area contributed by atoms with E-state index in [-0.39, 0.29) is 38.2 Å². The summed E-state index contributed by atoms with van der Waals surface area (Å²) in [5.41, 5.74) is 2.99. The Kier molecular flexibility index (Phi) is 8.00. The van der Waals surface area contributed by atoms with E-state index in [4.69, 9.17) is 19.8 Å². The molecular formula is C22H24FNO4. The Morgan fingerprint density at radius 3 is 2.32 bits per heavy atom. The SMILES string of the molecule is CC(C)c1cc(OCCO)c(OCCO)c(-c2ccc(F)cc2)c1C=CC#N. The molecule has 0 aliphatic heterocycles. The smallest absolute Gasteiger partial charge is 0.169 e. The lowest BCUT2D eigenvalue weighted by Gasteiger charge is -2.23. The maximum Gasteiger partial charge on any atom is 0.169 e. The molecule has 0 aliphatic rings. The number of hydrogen-bond acceptors (Lipinski definition) is 5. The molecular weight excluding hydrogens is 361 g/mol. The summed E-state index contributed by atoms with van der Waals surface area (Å²) in [6.07, 6.45) is 3.06. The number of nitriles is 1. The number of ether oxygens (including phenoxy) is 2. The van der Waals surface area contributed by atoms with Crippen molar-refractivity contribution in [1.29, 1.82) is 5.26 Å². The molecule has 0 saturated heterocycles. The van der Waals surface area contributed by atoms with Crippen LogP contribution in [-0.2, 0) is 0 Å². The Hall–Kier alpha value is -2.88. The lowest BCUT2D eigenvalue weighted by Crippen LogP contribution is -2.10. The molecule has 0 bridgehead atoms. The van der Waals surface area contributed by atoms with Gasteiger partial charge in [0.2, 0.25) is 0 Å². The third-order valence-electron chi connectivity index (χ3n) is 4.08. The van der Waals surface area contributed by atoms with Crippen molar-refractivity contribution in [3.8, 4) is 28.7 Å². The van der Waals surface area contributed by atoms with E-state index in [1.807, 2.05) is 26.0 Å². The van der Waals surface area contributed by atoms with Crippen molar-refractivity contribution >= 4 is 6.08 Å². The van der Waals surface area contributed by atoms with Crippen molar-refractivity contribution in [2.45, 2.75) is 19.8 Å². The second-order valence-electron chi connectivity index (χ2n) is 6.35. The maximum atomic E-state index is 13.5. The minimum atomic E-state index is -0.368. The Morgan fingerprint density at radius 2 is 1.75 bits per heavy atom. The summed E-state index contributed by atoms with van der Waals surface area (Å²) in [4.78, 5) is 0. The van der Waals surface area contributed by atoms with Crippen LogP contribution in [0.25, 0.3) is 17.2 Å². The highest BCUT2D eigenvalue weighted by Crippen LogP contribution is 2.45. The van der Waals surface area contributed by atoms with E-state index < -0.39 is 0 Å². The van der Waals surface area contributed by atoms with E-state index >= 15 is 0 Å². The zero-order chi connectivity index (χ0) is 20.5. The number of benzene rings is 2. The van der Waals surface area contributed by atoms with Crippen LogP contribution in [0.15, 0.2) is 36.4 Å². The summed E-state index contributed by atoms with van der Waals surface area (Å²) < 4.78 is 25.0. The first-order valence-corrected chi connectivity index (χ1v) is 9.03. The highest BCUT2D eigenvalue weighted by Gasteiger charge is 2.22. The molecule has 0 atom stereocenters. The highest BCUT2D eigenvalue weighted by molar-refractivity contribution is 5.85. The van der Waals surface area contributed by atoms with Gasteiger partial charge in [-0.1, -0.05) is 26.0 Å². The predicted octanol–water partition coefficient (Wildman–Crippen LogP) is 3.90. The Balaban J connectivity index is 2.85. The molecule has 5 nitrogen and oxygen atoms in total. The van der Waals surface area contributed by atoms with Crippen molar-refractivity contribution in [2.75, 3.05) is 26.4 Å². The molecule has 0 unspecified atom stereocenters. The van der Waals surface area contributed by atoms with Gasteiger partial charge >= 0.3 is 0 Å². The van der Waals surface area contributed by atoms with Crippen molar-refractivity contribution < 1.29 is 24.1 Å². The maximum absolute atomic E-state index is 13.5. The fourth-order valence-corrected chi connectivity index (χ4v) is 2.91. The molecule has 0 saturated carbocycles. The fourth-order valence-electron chi connectivity index (χ4n) is 2.91. The van der Waals surface area contributed by atoms with E-state index in [9.17, 15) is 9.50 Å². The number of allylic oxidation sites excluding steroid dienone is 1. The van der Waals surface area contributed by atoms with Gasteiger partial charge in [0.1, 0.15) is 19.0 Å². The molecule has 0 fully saturated rings. The van der Waals surface area contributed by atoms with Gasteiger partial charge in [-0.05, 0) is 46.9 Å². The number of aliphatic hydroxyl groups excluding tert-OH is 2. The predicted molar refractivity (Wildman–Crippen MR) is 106 cm³/mol. The van der Waals surface area contributed by atoms with Crippen molar-refractivity contribution in [1.82, 2.24) is 0 Å². The molecule has 0 heterocycles. The fraction of sp³-hybridized carbons (Fsp3) is 0.318. The van der Waals surface area contributed by atoms with Crippen LogP contribution < -0.4 is 9.47 Å².